The summed E-state index contributed by atoms with van der Waals surface area (Å²) in [5, 5.41) is 29.8. The van der Waals surface area contributed by atoms with Gasteiger partial charge in [0.25, 0.3) is 0 Å². The van der Waals surface area contributed by atoms with E-state index in [9.17, 15) is 46.7 Å². The molecular formula is C107H180BrF5N2O16. The van der Waals surface area contributed by atoms with E-state index in [4.69, 9.17) is 49.5 Å². The fourth-order valence-corrected chi connectivity index (χ4v) is 18.1. The van der Waals surface area contributed by atoms with Gasteiger partial charge in [-0.3, -0.25) is 33.6 Å². The highest BCUT2D eigenvalue weighted by atomic mass is 79.9. The largest absolute Gasteiger partial charge is 0.481 e. The quantitative estimate of drug-likeness (QED) is 0.00844. The van der Waals surface area contributed by atoms with Crippen molar-refractivity contribution in [1.82, 2.24) is 5.32 Å². The summed E-state index contributed by atoms with van der Waals surface area (Å²) in [7, 11) is 0. The van der Waals surface area contributed by atoms with E-state index in [2.05, 4.69) is 69.7 Å². The lowest BCUT2D eigenvalue weighted by molar-refractivity contribution is -0.162. The van der Waals surface area contributed by atoms with Gasteiger partial charge in [-0.2, -0.15) is 13.2 Å². The van der Waals surface area contributed by atoms with E-state index >= 15 is 8.78 Å². The first-order valence-corrected chi connectivity index (χ1v) is 51.0. The molecule has 0 saturated heterocycles. The van der Waals surface area contributed by atoms with Gasteiger partial charge in [-0.15, -0.1) is 0 Å². The molecule has 2 aromatic rings. The summed E-state index contributed by atoms with van der Waals surface area (Å²) in [5.41, 5.74) is 6.51. The van der Waals surface area contributed by atoms with E-state index in [-0.39, 0.29) is 113 Å². The molecule has 6 atom stereocenters. The topological polar surface area (TPSA) is 281 Å². The Morgan fingerprint density at radius 3 is 1.11 bits per heavy atom. The average molecular weight is 1930 g/mol. The molecule has 0 aromatic heterocycles. The summed E-state index contributed by atoms with van der Waals surface area (Å²) in [6, 6.07) is 6.50. The molecule has 0 spiro atoms. The van der Waals surface area contributed by atoms with Crippen molar-refractivity contribution in [3.05, 3.63) is 58.2 Å². The maximum atomic E-state index is 15.6. The second-order valence-electron chi connectivity index (χ2n) is 43.4. The summed E-state index contributed by atoms with van der Waals surface area (Å²) in [6.45, 7) is 37.6. The monoisotopic (exact) mass is 1920 g/mol. The first-order valence-electron chi connectivity index (χ1n) is 49.8. The Hall–Kier alpha value is -5.75. The summed E-state index contributed by atoms with van der Waals surface area (Å²) >= 11 is 3.38. The van der Waals surface area contributed by atoms with Crippen LogP contribution in [0.2, 0.25) is 0 Å². The lowest BCUT2D eigenvalue weighted by atomic mass is 9.59. The lowest BCUT2D eigenvalue weighted by Gasteiger charge is -2.49. The minimum atomic E-state index is -4.64. The van der Waals surface area contributed by atoms with E-state index in [1.165, 1.54) is 120 Å². The SMILES string of the molecule is C.C.CC(C)(C)O.CC(C)(C)OC(=O)C1CC1.CCCCCCBr.CCCCCCC1(C(=O)O)CC1.CCCCCCC1(C(=O)OC(C)(C)C)CC1.CCCCCCC1(C(=O)Oc2cc(F)c3c(c2)[C@@]2(C)CCCCC[C@@H](C3)[C@@H]2N)CC1.CCCCCCC1(C(=O)Oc2cc(F)c3c(c2)[C@@]2(C)CCCCC[C@@H](C3)[C@@H]2NC(=O)OC(C)(C)C)CC1.O=C(O)C1CC1.O=CC(F)(F)F. The minimum Gasteiger partial charge on any atom is -0.481 e. The van der Waals surface area contributed by atoms with Crippen LogP contribution in [0.25, 0.3) is 0 Å². The normalized spacial score (nSPS) is 22.0. The number of hydrogen-bond acceptors (Lipinski definition) is 15. The molecule has 24 heteroatoms. The van der Waals surface area contributed by atoms with Crippen LogP contribution in [0.3, 0.4) is 0 Å². The van der Waals surface area contributed by atoms with Crippen molar-refractivity contribution in [2.75, 3.05) is 5.33 Å². The number of carboxylic acid groups (broad SMARTS) is 2. The standard InChI is InChI=1S/C31H46FNO4.C26H38FNO2.C14H26O2.C10H18O2.C8H14O2.C6H13Br.C4H6O2.C4H10O.C2HF3O.2CH4/c1-6-7-8-12-15-31(16-17-31)27(34)36-22-19-24-23(25(32)20-22)18-21-13-10-9-11-14-30(24,5)26(21)33-28(35)37-29(2,3)4;1-3-4-5-9-12-26(13-14-26)24(29)30-19-16-21-20(22(27)17-19)15-18-10-7-6-8-11-25(21,2)23(18)28;1-5-6-7-8-9-14(10-11-14)12(15)16-13(2,3)4;1-2-3-4-5-6-10(7-8-10)9(11)12;1-8(2,3)10-7(9)6-4-5-6;1-2-3-4-5-6-7;5-4(6)3-1-2-3;1-4(2,3)5;3-2(4,5)1-6;;/h19-21,26H,6-18H2,1-5H3,(H,33,35);16-18,23H,3-15,28H2,1-2H3;5-11H2,1-4H3;2-8H2,1H3,(H,11,12);6H,4-5H2,1-3H3;2-6H2,1H3;3H,1-2H2,(H,5,6);5H,1-3H3;1H;2*1H4/t21-,26-,30+;18-,23-,25+;;;;;;;;;/m00........./s1. The molecule has 0 radical (unpaired) electrons. The number of halogens is 6. The van der Waals surface area contributed by atoms with Gasteiger partial charge in [0.2, 0.25) is 6.29 Å². The first kappa shape index (κ1) is 121. The Kier molecular flexibility index (Phi) is 52.0. The molecule has 131 heavy (non-hydrogen) atoms. The Labute approximate surface area is 796 Å². The van der Waals surface area contributed by atoms with Gasteiger partial charge in [-0.05, 0) is 277 Å². The number of carboxylic acids is 2. The zero-order valence-electron chi connectivity index (χ0n) is 83.0. The number of benzene rings is 2. The Bertz CT molecular complexity index is 3750. The van der Waals surface area contributed by atoms with Crippen molar-refractivity contribution in [3.8, 4) is 11.5 Å². The van der Waals surface area contributed by atoms with E-state index in [1.54, 1.807) is 20.8 Å². The number of alkyl carbamates (subject to hydrolysis) is 1. The number of aliphatic carboxylic acids is 2. The van der Waals surface area contributed by atoms with Crippen molar-refractivity contribution in [3.63, 3.8) is 0 Å². The number of carbonyl (C=O) groups is 8. The summed E-state index contributed by atoms with van der Waals surface area (Å²) in [6.07, 6.45) is 44.9. The van der Waals surface area contributed by atoms with Crippen LogP contribution in [0.1, 0.15) is 464 Å². The number of rotatable bonds is 33. The van der Waals surface area contributed by atoms with E-state index in [0.29, 0.717) is 35.8 Å². The highest BCUT2D eigenvalue weighted by Crippen LogP contribution is 2.56. The molecule has 12 rings (SSSR count). The van der Waals surface area contributed by atoms with Gasteiger partial charge in [0.1, 0.15) is 39.9 Å². The van der Waals surface area contributed by atoms with Gasteiger partial charge in [0.05, 0.1) is 39.1 Å². The summed E-state index contributed by atoms with van der Waals surface area (Å²) in [4.78, 5) is 91.1. The van der Waals surface area contributed by atoms with E-state index in [0.717, 1.165) is 209 Å². The molecule has 1 amide bonds. The molecule has 8 fully saturated rings. The van der Waals surface area contributed by atoms with Crippen molar-refractivity contribution >= 4 is 64.1 Å². The van der Waals surface area contributed by atoms with Crippen LogP contribution in [0.5, 0.6) is 11.5 Å². The molecule has 0 unspecified atom stereocenters. The number of fused-ring (bicyclic) bond motifs is 8. The zero-order chi connectivity index (χ0) is 97.1. The molecule has 10 aliphatic carbocycles. The second-order valence-corrected chi connectivity index (χ2v) is 44.2. The van der Waals surface area contributed by atoms with Crippen molar-refractivity contribution < 1.29 is 99.3 Å². The molecule has 6 N–H and O–H groups in total. The third kappa shape index (κ3) is 44.5. The molecule has 2 aromatic carbocycles. The van der Waals surface area contributed by atoms with Crippen molar-refractivity contribution in [2.24, 2.45) is 51.1 Å². The second kappa shape index (κ2) is 56.2. The maximum absolute atomic E-state index is 15.6. The van der Waals surface area contributed by atoms with Crippen LogP contribution in [0.4, 0.5) is 26.7 Å². The number of nitrogens with one attached hydrogen (secondary N) is 1. The number of carbonyl (C=O) groups excluding carboxylic acids is 6. The molecule has 4 bridgehead atoms. The van der Waals surface area contributed by atoms with Gasteiger partial charge in [0.15, 0.2) is 0 Å². The fourth-order valence-electron chi connectivity index (χ4n) is 17.7. The average Bonchev–Trinajstić information content (AvgIpc) is 1.62. The van der Waals surface area contributed by atoms with E-state index in [1.807, 2.05) is 74.4 Å². The van der Waals surface area contributed by atoms with Crippen LogP contribution in [-0.4, -0.2) is 110 Å². The molecule has 10 aliphatic rings. The lowest BCUT2D eigenvalue weighted by Crippen LogP contribution is -2.57. The van der Waals surface area contributed by atoms with Gasteiger partial charge in [-0.25, -0.2) is 13.6 Å². The van der Waals surface area contributed by atoms with Crippen molar-refractivity contribution in [2.45, 2.75) is 506 Å². The number of nitrogens with two attached hydrogens (primary N) is 1. The van der Waals surface area contributed by atoms with Crippen LogP contribution in [-0.2, 0) is 71.4 Å². The number of ether oxygens (including phenoxy) is 5. The number of unbranched alkanes of at least 4 members (excludes halogenated alkanes) is 15. The van der Waals surface area contributed by atoms with Crippen LogP contribution < -0.4 is 20.5 Å². The number of alkyl halides is 4. The number of esters is 4. The molecule has 0 aliphatic heterocycles. The van der Waals surface area contributed by atoms with Crippen LogP contribution in [0.15, 0.2) is 24.3 Å². The number of amides is 1. The van der Waals surface area contributed by atoms with E-state index < -0.39 is 52.5 Å². The maximum Gasteiger partial charge on any atom is 0.446 e. The predicted octanol–water partition coefficient (Wildman–Crippen LogP) is 28.9. The number of hydrogen-bond donors (Lipinski definition) is 5. The first-order chi connectivity index (χ1) is 60.2. The predicted molar refractivity (Wildman–Crippen MR) is 520 cm³/mol. The Morgan fingerprint density at radius 2 is 0.794 bits per heavy atom. The number of aldehydes is 1. The Balaban J connectivity index is 0.000000547. The smallest absolute Gasteiger partial charge is 0.446 e. The molecule has 756 valence electrons. The summed E-state index contributed by atoms with van der Waals surface area (Å²) < 4.78 is 89.9. The zero-order valence-corrected chi connectivity index (χ0v) is 84.6. The minimum absolute atomic E-state index is 0. The molecular weight excluding hydrogens is 1740 g/mol. The third-order valence-electron chi connectivity index (χ3n) is 26.5. The highest BCUT2D eigenvalue weighted by molar-refractivity contribution is 9.09. The third-order valence-corrected chi connectivity index (χ3v) is 27.1. The highest BCUT2D eigenvalue weighted by Gasteiger charge is 2.55. The van der Waals surface area contributed by atoms with Crippen LogP contribution >= 0.6 is 15.9 Å². The fraction of sp³-hybridized carbons (Fsp3) is 0.813. The van der Waals surface area contributed by atoms with Crippen molar-refractivity contribution in [1.29, 1.82) is 0 Å². The van der Waals surface area contributed by atoms with Gasteiger partial charge in [0, 0.05) is 40.4 Å². The summed E-state index contributed by atoms with van der Waals surface area (Å²) in [5.74, 6) is -0.740. The van der Waals surface area contributed by atoms with Gasteiger partial charge < -0.3 is 50.1 Å². The van der Waals surface area contributed by atoms with Crippen LogP contribution in [0, 0.1) is 57.0 Å². The Morgan fingerprint density at radius 1 is 0.458 bits per heavy atom. The van der Waals surface area contributed by atoms with Gasteiger partial charge in [-0.1, -0.05) is 240 Å². The number of aliphatic hydroxyl groups is 1. The van der Waals surface area contributed by atoms with Gasteiger partial charge >= 0.3 is 48.1 Å². The molecule has 18 nitrogen and oxygen atoms in total. The molecule has 8 saturated carbocycles. The molecule has 0 heterocycles.